The number of nitrogens with two attached hydrogens (primary N) is 1. The van der Waals surface area contributed by atoms with Crippen LogP contribution in [0, 0.1) is 5.82 Å². The molecule has 2 aliphatic rings. The van der Waals surface area contributed by atoms with E-state index in [0.717, 1.165) is 50.7 Å². The molecule has 1 aromatic carbocycles. The molecular formula is C15H20FNO3S. The number of halogens is 1. The molecule has 1 aromatic rings. The average Bonchev–Trinajstić information content (AvgIpc) is 3.03. The fraction of sp³-hybridized carbons (Fsp3) is 0.600. The minimum absolute atomic E-state index is 0.0879. The number of nitrogen functional groups attached to an aromatic ring is 1. The first kappa shape index (κ1) is 14.8. The fourth-order valence-electron chi connectivity index (χ4n) is 3.51. The second-order valence-corrected chi connectivity index (χ2v) is 8.13. The monoisotopic (exact) mass is 313 g/mol. The van der Waals surface area contributed by atoms with Gasteiger partial charge in [0.05, 0.1) is 28.0 Å². The maximum Gasteiger partial charge on any atom is 0.183 e. The van der Waals surface area contributed by atoms with Crippen molar-refractivity contribution in [3.8, 4) is 0 Å². The average molecular weight is 313 g/mol. The molecule has 2 N–H and O–H groups in total. The lowest BCUT2D eigenvalue weighted by Gasteiger charge is -2.23. The second-order valence-electron chi connectivity index (χ2n) is 6.13. The normalized spacial score (nSPS) is 24.7. The molecule has 0 amide bonds. The van der Waals surface area contributed by atoms with Gasteiger partial charge in [0.25, 0.3) is 0 Å². The summed E-state index contributed by atoms with van der Waals surface area (Å²) in [5.41, 5.74) is 5.66. The van der Waals surface area contributed by atoms with E-state index < -0.39 is 15.7 Å². The summed E-state index contributed by atoms with van der Waals surface area (Å²) >= 11 is 0. The molecule has 0 radical (unpaired) electrons. The number of rotatable bonds is 3. The highest BCUT2D eigenvalue weighted by Gasteiger charge is 2.43. The Balaban J connectivity index is 1.76. The molecule has 1 spiro atoms. The lowest BCUT2D eigenvalue weighted by molar-refractivity contribution is -0.0273. The topological polar surface area (TPSA) is 69.4 Å². The van der Waals surface area contributed by atoms with Crippen molar-refractivity contribution in [2.75, 3.05) is 11.5 Å². The van der Waals surface area contributed by atoms with Crippen molar-refractivity contribution in [3.05, 3.63) is 24.0 Å². The maximum atomic E-state index is 13.3. The summed E-state index contributed by atoms with van der Waals surface area (Å²) in [4.78, 5) is -0.126. The van der Waals surface area contributed by atoms with Crippen LogP contribution < -0.4 is 5.73 Å². The molecule has 1 saturated heterocycles. The SMILES string of the molecule is Nc1ccc(F)cc1S(=O)(=O)CC1CCC2(CCCC2)O1. The van der Waals surface area contributed by atoms with Crippen molar-refractivity contribution in [1.29, 1.82) is 0 Å². The van der Waals surface area contributed by atoms with Gasteiger partial charge >= 0.3 is 0 Å². The van der Waals surface area contributed by atoms with E-state index in [4.69, 9.17) is 10.5 Å². The van der Waals surface area contributed by atoms with Crippen LogP contribution in [0.1, 0.15) is 38.5 Å². The van der Waals surface area contributed by atoms with Gasteiger partial charge in [-0.1, -0.05) is 12.8 Å². The minimum atomic E-state index is -3.63. The smallest absolute Gasteiger partial charge is 0.183 e. The van der Waals surface area contributed by atoms with Gasteiger partial charge in [-0.15, -0.1) is 0 Å². The summed E-state index contributed by atoms with van der Waals surface area (Å²) in [5, 5.41) is 0. The molecule has 1 unspecified atom stereocenters. The standard InChI is InChI=1S/C15H20FNO3S/c16-11-3-4-13(17)14(9-11)21(18,19)10-12-5-8-15(20-12)6-1-2-7-15/h3-4,9,12H,1-2,5-8,10,17H2. The fourth-order valence-corrected chi connectivity index (χ4v) is 5.14. The highest BCUT2D eigenvalue weighted by Crippen LogP contribution is 2.43. The number of sulfone groups is 1. The quantitative estimate of drug-likeness (QED) is 0.871. The van der Waals surface area contributed by atoms with E-state index in [1.165, 1.54) is 6.07 Å². The number of hydrogen-bond donors (Lipinski definition) is 1. The molecule has 1 aliphatic heterocycles. The van der Waals surface area contributed by atoms with E-state index in [1.54, 1.807) is 0 Å². The lowest BCUT2D eigenvalue weighted by Crippen LogP contribution is -2.28. The van der Waals surface area contributed by atoms with Crippen LogP contribution in [-0.4, -0.2) is 25.9 Å². The highest BCUT2D eigenvalue weighted by molar-refractivity contribution is 7.91. The van der Waals surface area contributed by atoms with Crippen molar-refractivity contribution in [2.24, 2.45) is 0 Å². The third kappa shape index (κ3) is 2.92. The van der Waals surface area contributed by atoms with Crippen LogP contribution in [0.2, 0.25) is 0 Å². The van der Waals surface area contributed by atoms with Crippen LogP contribution in [0.4, 0.5) is 10.1 Å². The van der Waals surface area contributed by atoms with Gasteiger partial charge in [0.15, 0.2) is 9.84 Å². The molecule has 6 heteroatoms. The molecule has 1 atom stereocenters. The van der Waals surface area contributed by atoms with Crippen molar-refractivity contribution in [2.45, 2.75) is 55.1 Å². The third-order valence-electron chi connectivity index (χ3n) is 4.57. The lowest BCUT2D eigenvalue weighted by atomic mass is 9.98. The zero-order chi connectivity index (χ0) is 15.1. The summed E-state index contributed by atoms with van der Waals surface area (Å²) in [5.74, 6) is -0.718. The van der Waals surface area contributed by atoms with Gasteiger partial charge in [-0.3, -0.25) is 0 Å². The van der Waals surface area contributed by atoms with Gasteiger partial charge in [0, 0.05) is 0 Å². The number of ether oxygens (including phenoxy) is 1. The van der Waals surface area contributed by atoms with Crippen LogP contribution in [0.5, 0.6) is 0 Å². The van der Waals surface area contributed by atoms with Gasteiger partial charge in [-0.05, 0) is 43.9 Å². The van der Waals surface area contributed by atoms with E-state index in [9.17, 15) is 12.8 Å². The molecule has 2 fully saturated rings. The number of benzene rings is 1. The van der Waals surface area contributed by atoms with Crippen LogP contribution >= 0.6 is 0 Å². The Morgan fingerprint density at radius 1 is 1.29 bits per heavy atom. The van der Waals surface area contributed by atoms with Gasteiger partial charge < -0.3 is 10.5 Å². The molecule has 0 bridgehead atoms. The molecule has 3 rings (SSSR count). The molecular weight excluding hydrogens is 293 g/mol. The third-order valence-corrected chi connectivity index (χ3v) is 6.40. The van der Waals surface area contributed by atoms with Crippen molar-refractivity contribution in [1.82, 2.24) is 0 Å². The van der Waals surface area contributed by atoms with Crippen LogP contribution in [0.25, 0.3) is 0 Å². The maximum absolute atomic E-state index is 13.3. The molecule has 1 aliphatic carbocycles. The van der Waals surface area contributed by atoms with E-state index >= 15 is 0 Å². The van der Waals surface area contributed by atoms with E-state index in [2.05, 4.69) is 0 Å². The Labute approximate surface area is 124 Å². The first-order valence-electron chi connectivity index (χ1n) is 7.36. The largest absolute Gasteiger partial charge is 0.398 e. The van der Waals surface area contributed by atoms with Crippen molar-refractivity contribution in [3.63, 3.8) is 0 Å². The van der Waals surface area contributed by atoms with Crippen molar-refractivity contribution < 1.29 is 17.5 Å². The van der Waals surface area contributed by atoms with Gasteiger partial charge in [-0.25, -0.2) is 12.8 Å². The first-order valence-corrected chi connectivity index (χ1v) is 9.01. The van der Waals surface area contributed by atoms with Crippen LogP contribution in [0.15, 0.2) is 23.1 Å². The second kappa shape index (κ2) is 5.25. The summed E-state index contributed by atoms with van der Waals surface area (Å²) in [6.07, 6.45) is 5.69. The summed E-state index contributed by atoms with van der Waals surface area (Å²) in [6, 6.07) is 3.44. The summed E-state index contributed by atoms with van der Waals surface area (Å²) in [7, 11) is -3.63. The molecule has 4 nitrogen and oxygen atoms in total. The summed E-state index contributed by atoms with van der Waals surface area (Å²) in [6.45, 7) is 0. The Hall–Kier alpha value is -1.14. The zero-order valence-electron chi connectivity index (χ0n) is 11.8. The Morgan fingerprint density at radius 3 is 2.71 bits per heavy atom. The molecule has 0 aromatic heterocycles. The molecule has 1 heterocycles. The zero-order valence-corrected chi connectivity index (χ0v) is 12.7. The predicted octanol–water partition coefficient (Wildman–Crippen LogP) is 2.67. The molecule has 116 valence electrons. The van der Waals surface area contributed by atoms with E-state index in [0.29, 0.717) is 0 Å². The summed E-state index contributed by atoms with van der Waals surface area (Å²) < 4.78 is 44.2. The molecule has 1 saturated carbocycles. The van der Waals surface area contributed by atoms with Gasteiger partial charge in [0.1, 0.15) is 5.82 Å². The predicted molar refractivity (Wildman–Crippen MR) is 78.2 cm³/mol. The molecule has 21 heavy (non-hydrogen) atoms. The Morgan fingerprint density at radius 2 is 2.00 bits per heavy atom. The van der Waals surface area contributed by atoms with Gasteiger partial charge in [-0.2, -0.15) is 0 Å². The Kier molecular flexibility index (Phi) is 3.69. The van der Waals surface area contributed by atoms with Gasteiger partial charge in [0.2, 0.25) is 0 Å². The first-order chi connectivity index (χ1) is 9.90. The number of hydrogen-bond acceptors (Lipinski definition) is 4. The van der Waals surface area contributed by atoms with E-state index in [1.807, 2.05) is 0 Å². The Bertz CT molecular complexity index is 638. The highest BCUT2D eigenvalue weighted by atomic mass is 32.2. The minimum Gasteiger partial charge on any atom is -0.398 e. The van der Waals surface area contributed by atoms with Crippen LogP contribution in [0.3, 0.4) is 0 Å². The van der Waals surface area contributed by atoms with E-state index in [-0.39, 0.29) is 28.0 Å². The van der Waals surface area contributed by atoms with Crippen molar-refractivity contribution >= 4 is 15.5 Å². The van der Waals surface area contributed by atoms with Crippen LogP contribution in [-0.2, 0) is 14.6 Å². The number of anilines is 1.